The molecule has 0 atom stereocenters. The lowest BCUT2D eigenvalue weighted by molar-refractivity contribution is -0.127. The third-order valence-corrected chi connectivity index (χ3v) is 8.28. The summed E-state index contributed by atoms with van der Waals surface area (Å²) in [5.74, 6) is 0.780. The van der Waals surface area contributed by atoms with Gasteiger partial charge < -0.3 is 0 Å². The topological polar surface area (TPSA) is 0 Å². The quantitative estimate of drug-likeness (QED) is 0.164. The molecular formula is C39H53F3. The van der Waals surface area contributed by atoms with E-state index in [9.17, 15) is 13.2 Å². The van der Waals surface area contributed by atoms with Gasteiger partial charge in [0.05, 0.1) is 6.42 Å². The van der Waals surface area contributed by atoms with Gasteiger partial charge in [-0.1, -0.05) is 103 Å². The van der Waals surface area contributed by atoms with Gasteiger partial charge in [-0.3, -0.25) is 0 Å². The van der Waals surface area contributed by atoms with Crippen LogP contribution in [0, 0.1) is 5.41 Å². The minimum Gasteiger partial charge on any atom is -0.171 e. The fourth-order valence-corrected chi connectivity index (χ4v) is 5.94. The molecule has 42 heavy (non-hydrogen) atoms. The Balaban J connectivity index is 0.000000278. The molecule has 4 rings (SSSR count). The van der Waals surface area contributed by atoms with E-state index in [-0.39, 0.29) is 5.41 Å². The van der Waals surface area contributed by atoms with Crippen LogP contribution in [0.15, 0.2) is 67.9 Å². The van der Waals surface area contributed by atoms with Gasteiger partial charge in [0.2, 0.25) is 0 Å². The van der Waals surface area contributed by atoms with Crippen molar-refractivity contribution in [1.29, 1.82) is 0 Å². The molecule has 2 aromatic rings. The fourth-order valence-electron chi connectivity index (χ4n) is 5.94. The minimum atomic E-state index is -4.10. The second-order valence-corrected chi connectivity index (χ2v) is 11.8. The normalized spacial score (nSPS) is 14.5. The maximum atomic E-state index is 12.9. The maximum Gasteiger partial charge on any atom is 0.393 e. The summed E-state index contributed by atoms with van der Waals surface area (Å²) in [6.07, 6.45) is 10.1. The van der Waals surface area contributed by atoms with E-state index in [1.807, 2.05) is 32.1 Å². The van der Waals surface area contributed by atoms with Crippen LogP contribution in [0.3, 0.4) is 0 Å². The van der Waals surface area contributed by atoms with Crippen molar-refractivity contribution in [2.24, 2.45) is 5.41 Å². The van der Waals surface area contributed by atoms with Gasteiger partial charge in [0, 0.05) is 0 Å². The lowest BCUT2D eigenvalue weighted by atomic mass is 9.74. The zero-order valence-corrected chi connectivity index (χ0v) is 26.8. The lowest BCUT2D eigenvalue weighted by Gasteiger charge is -2.31. The van der Waals surface area contributed by atoms with Crippen LogP contribution in [0.4, 0.5) is 13.2 Å². The third kappa shape index (κ3) is 10.8. The molecule has 0 aliphatic heterocycles. The van der Waals surface area contributed by atoms with Crippen molar-refractivity contribution in [1.82, 2.24) is 0 Å². The van der Waals surface area contributed by atoms with Gasteiger partial charge in [-0.15, -0.1) is 12.3 Å². The average molecular weight is 579 g/mol. The first-order valence-corrected chi connectivity index (χ1v) is 16.1. The van der Waals surface area contributed by atoms with Crippen LogP contribution in [0.1, 0.15) is 138 Å². The summed E-state index contributed by atoms with van der Waals surface area (Å²) in [7, 11) is 0. The first kappa shape index (κ1) is 35.4. The van der Waals surface area contributed by atoms with Gasteiger partial charge in [0.25, 0.3) is 0 Å². The molecule has 0 bridgehead atoms. The monoisotopic (exact) mass is 578 g/mol. The van der Waals surface area contributed by atoms with Crippen LogP contribution < -0.4 is 0 Å². The van der Waals surface area contributed by atoms with Crippen molar-refractivity contribution in [3.8, 4) is 0 Å². The standard InChI is InChI=1S/C21H28.C16H19F3.C2H6/c1-6-10-19-11-13-20(14-12-19)18(5)17-21(9-4,15-7-2)16-8-3;1-2-10-7-13(11-3-4-11)15(9-16(17,18)19)14(8-10)12-5-6-12;1-2/h9-14H,1,4-5,7-8,15-17H2,2-3H3;7-8,11-12H,2-6,9H2,1H3;1-2H3. The Kier molecular flexibility index (Phi) is 14.1. The van der Waals surface area contributed by atoms with E-state index in [0.29, 0.717) is 17.4 Å². The van der Waals surface area contributed by atoms with Crippen molar-refractivity contribution < 1.29 is 13.2 Å². The van der Waals surface area contributed by atoms with Crippen molar-refractivity contribution in [2.75, 3.05) is 0 Å². The molecule has 230 valence electrons. The zero-order chi connectivity index (χ0) is 31.3. The van der Waals surface area contributed by atoms with Gasteiger partial charge in [-0.05, 0) is 114 Å². The molecule has 0 spiro atoms. The van der Waals surface area contributed by atoms with E-state index in [4.69, 9.17) is 0 Å². The summed E-state index contributed by atoms with van der Waals surface area (Å²) in [6.45, 7) is 22.6. The molecule has 0 saturated heterocycles. The fraction of sp³-hybridized carbons (Fsp3) is 0.513. The van der Waals surface area contributed by atoms with Gasteiger partial charge in [0.15, 0.2) is 0 Å². The summed E-state index contributed by atoms with van der Waals surface area (Å²) in [6, 6.07) is 12.5. The molecule has 2 aliphatic rings. The molecule has 2 fully saturated rings. The highest BCUT2D eigenvalue weighted by molar-refractivity contribution is 5.65. The highest BCUT2D eigenvalue weighted by Gasteiger charge is 2.37. The van der Waals surface area contributed by atoms with E-state index < -0.39 is 12.6 Å². The van der Waals surface area contributed by atoms with Crippen molar-refractivity contribution in [3.05, 3.63) is 101 Å². The van der Waals surface area contributed by atoms with E-state index in [2.05, 4.69) is 76.6 Å². The van der Waals surface area contributed by atoms with E-state index in [1.54, 1.807) is 0 Å². The van der Waals surface area contributed by atoms with Gasteiger partial charge in [-0.25, -0.2) is 0 Å². The van der Waals surface area contributed by atoms with Gasteiger partial charge in [0.1, 0.15) is 0 Å². The molecule has 3 heteroatoms. The minimum absolute atomic E-state index is 0.195. The van der Waals surface area contributed by atoms with Gasteiger partial charge in [-0.2, -0.15) is 13.2 Å². The number of hydrogen-bond donors (Lipinski definition) is 0. The smallest absolute Gasteiger partial charge is 0.171 e. The summed E-state index contributed by atoms with van der Waals surface area (Å²) in [5, 5.41) is 0. The molecule has 0 amide bonds. The van der Waals surface area contributed by atoms with Gasteiger partial charge >= 0.3 is 6.18 Å². The molecule has 0 heterocycles. The number of allylic oxidation sites excluding steroid dienone is 2. The van der Waals surface area contributed by atoms with Crippen LogP contribution in [-0.4, -0.2) is 6.18 Å². The van der Waals surface area contributed by atoms with Crippen LogP contribution in [0.25, 0.3) is 11.6 Å². The number of alkyl halides is 3. The Labute approximate surface area is 254 Å². The number of halogens is 3. The molecule has 0 N–H and O–H groups in total. The van der Waals surface area contributed by atoms with Crippen molar-refractivity contribution in [2.45, 2.75) is 123 Å². The molecule has 0 aromatic heterocycles. The maximum absolute atomic E-state index is 12.9. The highest BCUT2D eigenvalue weighted by atomic mass is 19.4. The second kappa shape index (κ2) is 16.8. The Morgan fingerprint density at radius 1 is 0.905 bits per heavy atom. The van der Waals surface area contributed by atoms with Crippen molar-refractivity contribution >= 4 is 11.6 Å². The number of aryl methyl sites for hydroxylation is 1. The first-order valence-electron chi connectivity index (χ1n) is 16.1. The largest absolute Gasteiger partial charge is 0.393 e. The SMILES string of the molecule is C=C=Cc1ccc(C(=C)CC(C=C)(CCC)CCC)cc1.CC.CCc1cc(C2CC2)c(CC(F)(F)F)c(C2CC2)c1. The Morgan fingerprint density at radius 2 is 1.40 bits per heavy atom. The lowest BCUT2D eigenvalue weighted by Crippen LogP contribution is -2.18. The van der Waals surface area contributed by atoms with E-state index in [0.717, 1.165) is 55.2 Å². The van der Waals surface area contributed by atoms with Crippen LogP contribution in [0.2, 0.25) is 0 Å². The number of benzene rings is 2. The molecule has 2 saturated carbocycles. The highest BCUT2D eigenvalue weighted by Crippen LogP contribution is 2.49. The van der Waals surface area contributed by atoms with E-state index in [1.165, 1.54) is 42.4 Å². The summed E-state index contributed by atoms with van der Waals surface area (Å²) >= 11 is 0. The second-order valence-electron chi connectivity index (χ2n) is 11.8. The zero-order valence-electron chi connectivity index (χ0n) is 26.8. The summed E-state index contributed by atoms with van der Waals surface area (Å²) in [5.41, 5.74) is 10.3. The Bertz CT molecular complexity index is 1140. The predicted octanol–water partition coefficient (Wildman–Crippen LogP) is 12.8. The van der Waals surface area contributed by atoms with Crippen LogP contribution in [-0.2, 0) is 12.8 Å². The predicted molar refractivity (Wildman–Crippen MR) is 177 cm³/mol. The third-order valence-electron chi connectivity index (χ3n) is 8.28. The molecule has 0 radical (unpaired) electrons. The summed E-state index contributed by atoms with van der Waals surface area (Å²) in [4.78, 5) is 0. The Hall–Kier alpha value is -2.77. The van der Waals surface area contributed by atoms with Crippen LogP contribution >= 0.6 is 0 Å². The Morgan fingerprint density at radius 3 is 1.76 bits per heavy atom. The molecule has 0 unspecified atom stereocenters. The molecule has 0 nitrogen and oxygen atoms in total. The summed E-state index contributed by atoms with van der Waals surface area (Å²) < 4.78 is 38.6. The molecular weight excluding hydrogens is 525 g/mol. The molecule has 2 aromatic carbocycles. The number of rotatable bonds is 13. The van der Waals surface area contributed by atoms with Crippen LogP contribution in [0.5, 0.6) is 0 Å². The molecule has 2 aliphatic carbocycles. The number of hydrogen-bond acceptors (Lipinski definition) is 0. The van der Waals surface area contributed by atoms with E-state index >= 15 is 0 Å². The van der Waals surface area contributed by atoms with Crippen molar-refractivity contribution in [3.63, 3.8) is 0 Å². The first-order chi connectivity index (χ1) is 20.1. The average Bonchev–Trinajstić information content (AvgIpc) is 3.89.